The lowest BCUT2D eigenvalue weighted by Crippen LogP contribution is -2.30. The molecule has 15 heavy (non-hydrogen) atoms. The van der Waals surface area contributed by atoms with Gasteiger partial charge in [-0.2, -0.15) is 0 Å². The highest BCUT2D eigenvalue weighted by Crippen LogP contribution is 2.20. The van der Waals surface area contributed by atoms with Crippen molar-refractivity contribution in [2.75, 3.05) is 12.8 Å². The SMILES string of the molecule is CC(c1nnc2n1CCNC2)S(C)(=O)=O. The number of rotatable bonds is 2. The molecule has 0 amide bonds. The van der Waals surface area contributed by atoms with Gasteiger partial charge in [-0.05, 0) is 6.92 Å². The zero-order valence-corrected chi connectivity index (χ0v) is 9.58. The molecule has 1 atom stereocenters. The Labute approximate surface area is 88.6 Å². The van der Waals surface area contributed by atoms with E-state index < -0.39 is 15.1 Å². The van der Waals surface area contributed by atoms with Crippen LogP contribution in [0.5, 0.6) is 0 Å². The van der Waals surface area contributed by atoms with Gasteiger partial charge in [-0.15, -0.1) is 10.2 Å². The molecule has 1 unspecified atom stereocenters. The third kappa shape index (κ3) is 1.89. The molecule has 2 rings (SSSR count). The van der Waals surface area contributed by atoms with Crippen LogP contribution in [-0.2, 0) is 22.9 Å². The summed E-state index contributed by atoms with van der Waals surface area (Å²) in [6, 6.07) is 0. The standard InChI is InChI=1S/C8H14N4O2S/c1-6(15(2,13)14)8-11-10-7-5-9-3-4-12(7)8/h6,9H,3-5H2,1-2H3. The number of sulfone groups is 1. The Morgan fingerprint density at radius 3 is 2.87 bits per heavy atom. The van der Waals surface area contributed by atoms with Crippen molar-refractivity contribution in [1.82, 2.24) is 20.1 Å². The van der Waals surface area contributed by atoms with Gasteiger partial charge in [-0.3, -0.25) is 0 Å². The van der Waals surface area contributed by atoms with E-state index in [1.807, 2.05) is 4.57 Å². The van der Waals surface area contributed by atoms with Crippen molar-refractivity contribution in [3.05, 3.63) is 11.6 Å². The van der Waals surface area contributed by atoms with Crippen LogP contribution in [-0.4, -0.2) is 36.0 Å². The maximum absolute atomic E-state index is 11.4. The summed E-state index contributed by atoms with van der Waals surface area (Å²) in [7, 11) is -3.10. The normalized spacial score (nSPS) is 18.5. The van der Waals surface area contributed by atoms with E-state index in [1.54, 1.807) is 6.92 Å². The van der Waals surface area contributed by atoms with Crippen LogP contribution in [0.15, 0.2) is 0 Å². The molecule has 1 aliphatic rings. The third-order valence-corrected chi connectivity index (χ3v) is 4.15. The van der Waals surface area contributed by atoms with Crippen LogP contribution in [0.3, 0.4) is 0 Å². The fourth-order valence-corrected chi connectivity index (χ4v) is 2.16. The van der Waals surface area contributed by atoms with Gasteiger partial charge in [0, 0.05) is 19.3 Å². The summed E-state index contributed by atoms with van der Waals surface area (Å²) in [5, 5.41) is 10.5. The van der Waals surface area contributed by atoms with Crippen LogP contribution in [0.1, 0.15) is 23.8 Å². The van der Waals surface area contributed by atoms with E-state index in [-0.39, 0.29) is 0 Å². The summed E-state index contributed by atoms with van der Waals surface area (Å²) in [6.45, 7) is 3.87. The molecule has 84 valence electrons. The summed E-state index contributed by atoms with van der Waals surface area (Å²) in [5.41, 5.74) is 0. The number of nitrogens with zero attached hydrogens (tertiary/aromatic N) is 3. The number of aromatic nitrogens is 3. The van der Waals surface area contributed by atoms with Gasteiger partial charge < -0.3 is 9.88 Å². The van der Waals surface area contributed by atoms with Crippen molar-refractivity contribution in [3.63, 3.8) is 0 Å². The summed E-state index contributed by atoms with van der Waals surface area (Å²) >= 11 is 0. The predicted octanol–water partition coefficient (Wildman–Crippen LogP) is -0.513. The zero-order valence-electron chi connectivity index (χ0n) is 8.77. The Kier molecular flexibility index (Phi) is 2.51. The van der Waals surface area contributed by atoms with Crippen molar-refractivity contribution in [1.29, 1.82) is 0 Å². The molecular weight excluding hydrogens is 216 g/mol. The van der Waals surface area contributed by atoms with Crippen molar-refractivity contribution in [3.8, 4) is 0 Å². The molecule has 0 aromatic carbocycles. The van der Waals surface area contributed by atoms with Crippen molar-refractivity contribution in [2.24, 2.45) is 0 Å². The van der Waals surface area contributed by atoms with Gasteiger partial charge in [-0.25, -0.2) is 8.42 Å². The molecule has 0 bridgehead atoms. The van der Waals surface area contributed by atoms with Gasteiger partial charge in [0.2, 0.25) is 0 Å². The minimum atomic E-state index is -3.10. The van der Waals surface area contributed by atoms with Crippen LogP contribution in [0, 0.1) is 0 Å². The molecule has 6 nitrogen and oxygen atoms in total. The first-order valence-electron chi connectivity index (χ1n) is 4.81. The fourth-order valence-electron chi connectivity index (χ4n) is 1.61. The van der Waals surface area contributed by atoms with E-state index in [0.29, 0.717) is 12.4 Å². The summed E-state index contributed by atoms with van der Waals surface area (Å²) < 4.78 is 24.7. The third-order valence-electron chi connectivity index (χ3n) is 2.66. The topological polar surface area (TPSA) is 76.9 Å². The van der Waals surface area contributed by atoms with Crippen LogP contribution < -0.4 is 5.32 Å². The molecule has 0 aliphatic carbocycles. The Morgan fingerprint density at radius 2 is 2.20 bits per heavy atom. The maximum Gasteiger partial charge on any atom is 0.157 e. The monoisotopic (exact) mass is 230 g/mol. The first-order valence-corrected chi connectivity index (χ1v) is 6.77. The fraction of sp³-hybridized carbons (Fsp3) is 0.750. The lowest BCUT2D eigenvalue weighted by Gasteiger charge is -2.17. The highest BCUT2D eigenvalue weighted by atomic mass is 32.2. The number of hydrogen-bond donors (Lipinski definition) is 1. The molecule has 2 heterocycles. The molecule has 1 aliphatic heterocycles. The highest BCUT2D eigenvalue weighted by Gasteiger charge is 2.26. The Bertz CT molecular complexity index is 465. The van der Waals surface area contributed by atoms with Crippen molar-refractivity contribution in [2.45, 2.75) is 25.3 Å². The first-order chi connectivity index (χ1) is 7.00. The van der Waals surface area contributed by atoms with Gasteiger partial charge >= 0.3 is 0 Å². The van der Waals surface area contributed by atoms with Crippen molar-refractivity contribution < 1.29 is 8.42 Å². The molecule has 0 saturated heterocycles. The Morgan fingerprint density at radius 1 is 1.47 bits per heavy atom. The second-order valence-electron chi connectivity index (χ2n) is 3.77. The Hall–Kier alpha value is -0.950. The van der Waals surface area contributed by atoms with Gasteiger partial charge in [0.15, 0.2) is 15.7 Å². The molecule has 0 saturated carbocycles. The minimum Gasteiger partial charge on any atom is -0.312 e. The van der Waals surface area contributed by atoms with Crippen LogP contribution in [0.4, 0.5) is 0 Å². The van der Waals surface area contributed by atoms with Crippen molar-refractivity contribution >= 4 is 9.84 Å². The van der Waals surface area contributed by atoms with Gasteiger partial charge in [0.05, 0.1) is 6.54 Å². The molecule has 0 spiro atoms. The Balaban J connectivity index is 2.41. The van der Waals surface area contributed by atoms with E-state index >= 15 is 0 Å². The quantitative estimate of drug-likeness (QED) is 0.740. The number of nitrogens with one attached hydrogen (secondary N) is 1. The summed E-state index contributed by atoms with van der Waals surface area (Å²) in [5.74, 6) is 1.36. The largest absolute Gasteiger partial charge is 0.312 e. The van der Waals surface area contributed by atoms with E-state index in [1.165, 1.54) is 6.26 Å². The maximum atomic E-state index is 11.4. The molecule has 1 N–H and O–H groups in total. The first kappa shape index (κ1) is 10.6. The average molecular weight is 230 g/mol. The number of hydrogen-bond acceptors (Lipinski definition) is 5. The van der Waals surface area contributed by atoms with Gasteiger partial charge in [0.1, 0.15) is 11.1 Å². The molecule has 0 radical (unpaired) electrons. The summed E-state index contributed by atoms with van der Waals surface area (Å²) in [4.78, 5) is 0. The van der Waals surface area contributed by atoms with E-state index in [0.717, 1.165) is 18.9 Å². The van der Waals surface area contributed by atoms with Gasteiger partial charge in [0.25, 0.3) is 0 Å². The zero-order chi connectivity index (χ0) is 11.1. The number of fused-ring (bicyclic) bond motifs is 1. The van der Waals surface area contributed by atoms with Gasteiger partial charge in [-0.1, -0.05) is 0 Å². The smallest absolute Gasteiger partial charge is 0.157 e. The van der Waals surface area contributed by atoms with Crippen LogP contribution in [0.25, 0.3) is 0 Å². The predicted molar refractivity (Wildman–Crippen MR) is 55.0 cm³/mol. The van der Waals surface area contributed by atoms with E-state index in [2.05, 4.69) is 15.5 Å². The average Bonchev–Trinajstić information content (AvgIpc) is 2.58. The van der Waals surface area contributed by atoms with Crippen LogP contribution in [0.2, 0.25) is 0 Å². The highest BCUT2D eigenvalue weighted by molar-refractivity contribution is 7.90. The van der Waals surface area contributed by atoms with E-state index in [4.69, 9.17) is 0 Å². The second kappa shape index (κ2) is 3.57. The molecule has 1 aromatic heterocycles. The minimum absolute atomic E-state index is 0.550. The molecule has 1 aromatic rings. The summed E-state index contributed by atoms with van der Waals surface area (Å²) in [6.07, 6.45) is 1.22. The van der Waals surface area contributed by atoms with E-state index in [9.17, 15) is 8.42 Å². The molecule has 7 heteroatoms. The lowest BCUT2D eigenvalue weighted by molar-refractivity contribution is 0.491. The molecular formula is C8H14N4O2S. The molecule has 0 fully saturated rings. The lowest BCUT2D eigenvalue weighted by atomic mass is 10.3. The second-order valence-corrected chi connectivity index (χ2v) is 6.14. The van der Waals surface area contributed by atoms with Crippen LogP contribution >= 0.6 is 0 Å².